The standard InChI is InChI=1S/C10H16N2O8/c13-7(14)3-6(10(19)20)11-1-2-12(4-8(15)16)5-9(17)18/h6,11H,1-5H2,(H,13,14)(H,15,16)(H,17,18)(H,19,20)/t6-/m0/s1. The molecule has 0 aromatic rings. The number of carbonyl (C=O) groups is 4. The predicted octanol–water partition coefficient (Wildman–Crippen LogP) is -2.02. The lowest BCUT2D eigenvalue weighted by molar-refractivity contribution is -0.146. The minimum absolute atomic E-state index is 0.0397. The Kier molecular flexibility index (Phi) is 7.85. The van der Waals surface area contributed by atoms with Gasteiger partial charge in [0.1, 0.15) is 6.04 Å². The van der Waals surface area contributed by atoms with Crippen LogP contribution >= 0.6 is 0 Å². The third kappa shape index (κ3) is 8.83. The van der Waals surface area contributed by atoms with Crippen LogP contribution in [0.2, 0.25) is 0 Å². The van der Waals surface area contributed by atoms with Gasteiger partial charge in [0, 0.05) is 13.1 Å². The fraction of sp³-hybridized carbons (Fsp3) is 0.600. The van der Waals surface area contributed by atoms with Gasteiger partial charge in [0.15, 0.2) is 0 Å². The van der Waals surface area contributed by atoms with Crippen molar-refractivity contribution < 1.29 is 39.6 Å². The van der Waals surface area contributed by atoms with E-state index in [0.717, 1.165) is 4.90 Å². The molecular formula is C10H16N2O8. The van der Waals surface area contributed by atoms with Crippen LogP contribution in [-0.2, 0) is 19.2 Å². The monoisotopic (exact) mass is 292 g/mol. The highest BCUT2D eigenvalue weighted by atomic mass is 16.4. The van der Waals surface area contributed by atoms with Crippen molar-refractivity contribution in [1.29, 1.82) is 0 Å². The molecule has 0 heterocycles. The summed E-state index contributed by atoms with van der Waals surface area (Å²) in [6.07, 6.45) is -0.632. The quantitative estimate of drug-likeness (QED) is 0.287. The summed E-state index contributed by atoms with van der Waals surface area (Å²) in [6, 6.07) is -1.32. The molecule has 0 bridgehead atoms. The zero-order valence-corrected chi connectivity index (χ0v) is 10.5. The van der Waals surface area contributed by atoms with Crippen LogP contribution < -0.4 is 5.32 Å². The molecule has 20 heavy (non-hydrogen) atoms. The van der Waals surface area contributed by atoms with E-state index in [1.807, 2.05) is 0 Å². The molecule has 10 heteroatoms. The van der Waals surface area contributed by atoms with Crippen LogP contribution in [0.1, 0.15) is 6.42 Å². The molecule has 0 aromatic carbocycles. The van der Waals surface area contributed by atoms with Gasteiger partial charge < -0.3 is 25.7 Å². The number of aliphatic carboxylic acids is 4. The van der Waals surface area contributed by atoms with E-state index in [1.165, 1.54) is 0 Å². The van der Waals surface area contributed by atoms with Crippen molar-refractivity contribution in [3.63, 3.8) is 0 Å². The Balaban J connectivity index is 4.31. The van der Waals surface area contributed by atoms with Crippen LogP contribution in [0.3, 0.4) is 0 Å². The second-order valence-electron chi connectivity index (χ2n) is 3.94. The van der Waals surface area contributed by atoms with Gasteiger partial charge in [0.25, 0.3) is 0 Å². The van der Waals surface area contributed by atoms with Gasteiger partial charge in [-0.05, 0) is 0 Å². The van der Waals surface area contributed by atoms with Crippen LogP contribution in [0.15, 0.2) is 0 Å². The molecule has 0 aromatic heterocycles. The third-order valence-corrected chi connectivity index (χ3v) is 2.21. The highest BCUT2D eigenvalue weighted by Gasteiger charge is 2.21. The van der Waals surface area contributed by atoms with Crippen LogP contribution in [0.25, 0.3) is 0 Å². The number of nitrogens with zero attached hydrogens (tertiary/aromatic N) is 1. The molecular weight excluding hydrogens is 276 g/mol. The molecule has 1 atom stereocenters. The van der Waals surface area contributed by atoms with Crippen molar-refractivity contribution in [3.8, 4) is 0 Å². The van der Waals surface area contributed by atoms with Crippen LogP contribution in [-0.4, -0.2) is 81.4 Å². The third-order valence-electron chi connectivity index (χ3n) is 2.21. The summed E-state index contributed by atoms with van der Waals surface area (Å²) >= 11 is 0. The Morgan fingerprint density at radius 1 is 0.900 bits per heavy atom. The molecule has 0 amide bonds. The van der Waals surface area contributed by atoms with Gasteiger partial charge in [-0.15, -0.1) is 0 Å². The van der Waals surface area contributed by atoms with Crippen molar-refractivity contribution in [2.45, 2.75) is 12.5 Å². The molecule has 0 spiro atoms. The molecule has 0 fully saturated rings. The maximum Gasteiger partial charge on any atom is 0.321 e. The Morgan fingerprint density at radius 2 is 1.40 bits per heavy atom. The van der Waals surface area contributed by atoms with Crippen molar-refractivity contribution >= 4 is 23.9 Å². The number of carboxylic acid groups (broad SMARTS) is 4. The van der Waals surface area contributed by atoms with Gasteiger partial charge in [0.2, 0.25) is 0 Å². The zero-order chi connectivity index (χ0) is 15.7. The molecule has 0 unspecified atom stereocenters. The Hall–Kier alpha value is -2.20. The fourth-order valence-corrected chi connectivity index (χ4v) is 1.41. The smallest absolute Gasteiger partial charge is 0.321 e. The van der Waals surface area contributed by atoms with Crippen LogP contribution in [0.4, 0.5) is 0 Å². The highest BCUT2D eigenvalue weighted by Crippen LogP contribution is 1.94. The average molecular weight is 292 g/mol. The Morgan fingerprint density at radius 3 is 1.75 bits per heavy atom. The number of hydrogen-bond donors (Lipinski definition) is 5. The summed E-state index contributed by atoms with van der Waals surface area (Å²) in [6.45, 7) is -1.11. The number of carboxylic acids is 4. The van der Waals surface area contributed by atoms with E-state index in [1.54, 1.807) is 0 Å². The lowest BCUT2D eigenvalue weighted by atomic mass is 10.2. The first kappa shape index (κ1) is 17.8. The van der Waals surface area contributed by atoms with E-state index in [9.17, 15) is 19.2 Å². The zero-order valence-electron chi connectivity index (χ0n) is 10.5. The average Bonchev–Trinajstić information content (AvgIpc) is 2.24. The molecule has 0 aliphatic heterocycles. The van der Waals surface area contributed by atoms with E-state index in [0.29, 0.717) is 0 Å². The van der Waals surface area contributed by atoms with Gasteiger partial charge in [-0.25, -0.2) is 0 Å². The van der Waals surface area contributed by atoms with E-state index in [-0.39, 0.29) is 13.1 Å². The summed E-state index contributed by atoms with van der Waals surface area (Å²) in [7, 11) is 0. The van der Waals surface area contributed by atoms with E-state index >= 15 is 0 Å². The van der Waals surface area contributed by atoms with Gasteiger partial charge in [0.05, 0.1) is 19.5 Å². The topological polar surface area (TPSA) is 164 Å². The number of rotatable bonds is 11. The lowest BCUT2D eigenvalue weighted by Crippen LogP contribution is -2.44. The van der Waals surface area contributed by atoms with Crippen molar-refractivity contribution in [2.75, 3.05) is 26.2 Å². The molecule has 114 valence electrons. The molecule has 0 aliphatic rings. The molecule has 0 radical (unpaired) electrons. The van der Waals surface area contributed by atoms with Crippen LogP contribution in [0.5, 0.6) is 0 Å². The van der Waals surface area contributed by atoms with E-state index in [2.05, 4.69) is 5.32 Å². The van der Waals surface area contributed by atoms with Crippen molar-refractivity contribution in [1.82, 2.24) is 10.2 Å². The Labute approximate surface area is 113 Å². The summed E-state index contributed by atoms with van der Waals surface area (Å²) in [5.74, 6) is -5.08. The second-order valence-corrected chi connectivity index (χ2v) is 3.94. The normalized spacial score (nSPS) is 12.1. The van der Waals surface area contributed by atoms with Crippen molar-refractivity contribution in [2.24, 2.45) is 0 Å². The summed E-state index contributed by atoms with van der Waals surface area (Å²) in [5.41, 5.74) is 0. The maximum atomic E-state index is 10.7. The largest absolute Gasteiger partial charge is 0.481 e. The van der Waals surface area contributed by atoms with Gasteiger partial charge >= 0.3 is 23.9 Å². The summed E-state index contributed by atoms with van der Waals surface area (Å²) in [4.78, 5) is 43.3. The van der Waals surface area contributed by atoms with E-state index in [4.69, 9.17) is 20.4 Å². The molecule has 0 saturated carbocycles. The first-order valence-electron chi connectivity index (χ1n) is 5.56. The minimum atomic E-state index is -1.35. The lowest BCUT2D eigenvalue weighted by Gasteiger charge is -2.19. The molecule has 0 saturated heterocycles. The van der Waals surface area contributed by atoms with Crippen molar-refractivity contribution in [3.05, 3.63) is 0 Å². The number of nitrogens with one attached hydrogen (secondary N) is 1. The first-order valence-corrected chi connectivity index (χ1v) is 5.56. The molecule has 5 N–H and O–H groups in total. The summed E-state index contributed by atoms with van der Waals surface area (Å²) in [5, 5.41) is 36.9. The molecule has 0 rings (SSSR count). The fourth-order valence-electron chi connectivity index (χ4n) is 1.41. The predicted molar refractivity (Wildman–Crippen MR) is 63.4 cm³/mol. The minimum Gasteiger partial charge on any atom is -0.481 e. The van der Waals surface area contributed by atoms with Gasteiger partial charge in [-0.2, -0.15) is 0 Å². The van der Waals surface area contributed by atoms with E-state index < -0.39 is 49.4 Å². The summed E-state index contributed by atoms with van der Waals surface area (Å²) < 4.78 is 0. The highest BCUT2D eigenvalue weighted by molar-refractivity contribution is 5.80. The molecule has 10 nitrogen and oxygen atoms in total. The maximum absolute atomic E-state index is 10.7. The van der Waals surface area contributed by atoms with Crippen LogP contribution in [0, 0.1) is 0 Å². The Bertz CT molecular complexity index is 367. The SMILES string of the molecule is O=C(O)C[C@H](NCCN(CC(=O)O)CC(=O)O)C(=O)O. The molecule has 0 aliphatic carbocycles. The van der Waals surface area contributed by atoms with Gasteiger partial charge in [-0.1, -0.05) is 0 Å². The van der Waals surface area contributed by atoms with Gasteiger partial charge in [-0.3, -0.25) is 24.1 Å². The second kappa shape index (κ2) is 8.82. The first-order chi connectivity index (χ1) is 9.22. The number of hydrogen-bond acceptors (Lipinski definition) is 6.